The number of aliphatic hydroxyl groups excluding tert-OH is 1. The zero-order valence-electron chi connectivity index (χ0n) is 18.1. The molecule has 0 spiro atoms. The minimum absolute atomic E-state index is 0.0818. The van der Waals surface area contributed by atoms with Gasteiger partial charge in [0.25, 0.3) is 0 Å². The molecule has 4 rings (SSSR count). The summed E-state index contributed by atoms with van der Waals surface area (Å²) in [5.74, 6) is -2.09. The van der Waals surface area contributed by atoms with E-state index in [1.54, 1.807) is 24.3 Å². The minimum Gasteiger partial charge on any atom is -0.490 e. The molecular weight excluding hydrogens is 436 g/mol. The van der Waals surface area contributed by atoms with Crippen LogP contribution in [0.2, 0.25) is 0 Å². The molecule has 1 heterocycles. The number of aryl methyl sites for hydroxylation is 1. The Kier molecular flexibility index (Phi) is 8.79. The molecule has 0 bridgehead atoms. The highest BCUT2D eigenvalue weighted by Gasteiger charge is 2.58. The summed E-state index contributed by atoms with van der Waals surface area (Å²) in [5.41, 5.74) is 5.58. The molecule has 8 heteroatoms. The summed E-state index contributed by atoms with van der Waals surface area (Å²) in [4.78, 5) is 0.145. The Labute approximate surface area is 188 Å². The Hall–Kier alpha value is -2.47. The van der Waals surface area contributed by atoms with E-state index >= 15 is 0 Å². The van der Waals surface area contributed by atoms with Crippen molar-refractivity contribution < 1.29 is 27.0 Å². The zero-order chi connectivity index (χ0) is 23.9. The largest absolute Gasteiger partial charge is 0.490 e. The van der Waals surface area contributed by atoms with Gasteiger partial charge in [0.15, 0.2) is 21.4 Å². The monoisotopic (exact) mass is 465 g/mol. The molecule has 1 fully saturated rings. The van der Waals surface area contributed by atoms with E-state index < -0.39 is 32.1 Å². The average molecular weight is 466 g/mol. The molecule has 5 nitrogen and oxygen atoms in total. The van der Waals surface area contributed by atoms with Crippen LogP contribution in [0.25, 0.3) is 0 Å². The average Bonchev–Trinajstić information content (AvgIpc) is 2.82. The molecule has 0 saturated heterocycles. The van der Waals surface area contributed by atoms with Gasteiger partial charge >= 0.3 is 0 Å². The maximum atomic E-state index is 14.9. The van der Waals surface area contributed by atoms with Crippen molar-refractivity contribution in [3.05, 3.63) is 59.2 Å². The van der Waals surface area contributed by atoms with Crippen molar-refractivity contribution in [2.75, 3.05) is 19.8 Å². The second-order valence-corrected chi connectivity index (χ2v) is 9.91. The van der Waals surface area contributed by atoms with Crippen molar-refractivity contribution in [2.45, 2.75) is 42.2 Å². The van der Waals surface area contributed by atoms with E-state index in [9.17, 15) is 17.2 Å². The highest BCUT2D eigenvalue weighted by molar-refractivity contribution is 7.92. The van der Waals surface area contributed by atoms with Crippen molar-refractivity contribution in [1.29, 1.82) is 0 Å². The second kappa shape index (κ2) is 10.9. The van der Waals surface area contributed by atoms with Gasteiger partial charge in [-0.2, -0.15) is 0 Å². The first-order chi connectivity index (χ1) is 15.3. The summed E-state index contributed by atoms with van der Waals surface area (Å²) in [6, 6.07) is 8.55. The van der Waals surface area contributed by atoms with Crippen LogP contribution in [0.3, 0.4) is 0 Å². The number of ether oxygens (including phenoxy) is 1. The number of terminal acetylenes is 1. The van der Waals surface area contributed by atoms with E-state index in [0.717, 1.165) is 24.1 Å². The number of hydrogen-bond donors (Lipinski definition) is 2. The molecule has 2 atom stereocenters. The van der Waals surface area contributed by atoms with Crippen molar-refractivity contribution >= 4 is 9.84 Å². The maximum Gasteiger partial charge on any atom is 0.188 e. The van der Waals surface area contributed by atoms with E-state index in [2.05, 4.69) is 12.8 Å². The van der Waals surface area contributed by atoms with Crippen LogP contribution in [0.1, 0.15) is 36.8 Å². The van der Waals surface area contributed by atoms with E-state index in [4.69, 9.17) is 15.6 Å². The van der Waals surface area contributed by atoms with Gasteiger partial charge in [-0.05, 0) is 44.0 Å². The van der Waals surface area contributed by atoms with Crippen LogP contribution in [0.15, 0.2) is 41.3 Å². The van der Waals surface area contributed by atoms with Crippen LogP contribution in [-0.4, -0.2) is 33.3 Å². The molecule has 2 aromatic rings. The van der Waals surface area contributed by atoms with Gasteiger partial charge < -0.3 is 15.6 Å². The fourth-order valence-corrected chi connectivity index (χ4v) is 6.84. The number of aliphatic hydroxyl groups is 1. The number of hydrogen-bond acceptors (Lipinski definition) is 5. The lowest BCUT2D eigenvalue weighted by Crippen LogP contribution is -2.50. The summed E-state index contributed by atoms with van der Waals surface area (Å²) in [6.07, 6.45) is 10.4. The molecule has 1 aliphatic heterocycles. The summed E-state index contributed by atoms with van der Waals surface area (Å²) < 4.78 is 60.7. The number of benzene rings is 2. The number of nitrogens with two attached hydrogens (primary N) is 1. The highest BCUT2D eigenvalue weighted by atomic mass is 32.2. The van der Waals surface area contributed by atoms with Crippen LogP contribution in [-0.2, 0) is 14.6 Å². The highest BCUT2D eigenvalue weighted by Crippen LogP contribution is 2.56. The van der Waals surface area contributed by atoms with E-state index in [1.165, 1.54) is 0 Å². The molecule has 32 heavy (non-hydrogen) atoms. The van der Waals surface area contributed by atoms with Gasteiger partial charge in [-0.3, -0.25) is 0 Å². The van der Waals surface area contributed by atoms with Crippen LogP contribution in [0.5, 0.6) is 5.75 Å². The predicted octanol–water partition coefficient (Wildman–Crippen LogP) is 3.71. The molecule has 0 amide bonds. The van der Waals surface area contributed by atoms with Crippen LogP contribution in [0, 0.1) is 37.3 Å². The Bertz CT molecular complexity index is 1040. The van der Waals surface area contributed by atoms with Crippen molar-refractivity contribution in [1.82, 2.24) is 0 Å². The Morgan fingerprint density at radius 3 is 2.31 bits per heavy atom. The third-order valence-electron chi connectivity index (χ3n) is 5.86. The van der Waals surface area contributed by atoms with Gasteiger partial charge in [-0.1, -0.05) is 30.5 Å². The summed E-state index contributed by atoms with van der Waals surface area (Å²) >= 11 is 0. The first kappa shape index (κ1) is 25.8. The van der Waals surface area contributed by atoms with Crippen LogP contribution >= 0.6 is 0 Å². The Balaban J connectivity index is 0.000000547. The molecule has 1 unspecified atom stereocenters. The molecule has 1 aliphatic carbocycles. The summed E-state index contributed by atoms with van der Waals surface area (Å²) in [5, 5.41) is 7.75. The fourth-order valence-electron chi connectivity index (χ4n) is 4.43. The number of fused-ring (bicyclic) bond motifs is 3. The maximum absolute atomic E-state index is 14.9. The quantitative estimate of drug-likeness (QED) is 0.675. The van der Waals surface area contributed by atoms with Crippen molar-refractivity contribution in [2.24, 2.45) is 11.7 Å². The zero-order valence-corrected chi connectivity index (χ0v) is 18.9. The standard InChI is InChI=1S/C20H20F2O3S.C2H7NO.C2H2/c1-13-5-7-15(8-6-13)26(23,24)20-11-3-2-4-14(20)12-25-19-17(22)10-9-16(21)18(19)20;3-1-2-4;1-2/h5-10,14H,2-4,11-12H2,1H3;4H,1-3H2;1-2H/t14?,20-;;/m0../s1. The van der Waals surface area contributed by atoms with Gasteiger partial charge in [0, 0.05) is 12.5 Å². The SMILES string of the molecule is C#C.Cc1ccc(S(=O)(=O)[C@@]23CCCCC2COc2c(F)ccc(F)c23)cc1.NCCO. The normalized spacial score (nSPS) is 21.4. The topological polar surface area (TPSA) is 89.6 Å². The molecule has 0 aromatic heterocycles. The van der Waals surface area contributed by atoms with Gasteiger partial charge in [-0.25, -0.2) is 17.2 Å². The third-order valence-corrected chi connectivity index (χ3v) is 8.45. The smallest absolute Gasteiger partial charge is 0.188 e. The Morgan fingerprint density at radius 1 is 1.12 bits per heavy atom. The minimum atomic E-state index is -3.94. The summed E-state index contributed by atoms with van der Waals surface area (Å²) in [7, 11) is -3.94. The molecule has 2 aromatic carbocycles. The second-order valence-electron chi connectivity index (χ2n) is 7.71. The molecule has 0 radical (unpaired) electrons. The molecule has 2 aliphatic rings. The molecule has 174 valence electrons. The van der Waals surface area contributed by atoms with Crippen LogP contribution in [0.4, 0.5) is 8.78 Å². The van der Waals surface area contributed by atoms with Gasteiger partial charge in [-0.15, -0.1) is 12.8 Å². The predicted molar refractivity (Wildman–Crippen MR) is 120 cm³/mol. The summed E-state index contributed by atoms with van der Waals surface area (Å²) in [6.45, 7) is 2.43. The lowest BCUT2D eigenvalue weighted by Gasteiger charge is -2.47. The molecule has 1 saturated carbocycles. The third kappa shape index (κ3) is 4.51. The fraction of sp³-hybridized carbons (Fsp3) is 0.417. The van der Waals surface area contributed by atoms with E-state index in [1.807, 2.05) is 6.92 Å². The number of halogens is 2. The lowest BCUT2D eigenvalue weighted by atomic mass is 9.73. The molecule has 3 N–H and O–H groups in total. The first-order valence-electron chi connectivity index (χ1n) is 10.4. The van der Waals surface area contributed by atoms with Crippen molar-refractivity contribution in [3.63, 3.8) is 0 Å². The van der Waals surface area contributed by atoms with Crippen molar-refractivity contribution in [3.8, 4) is 18.6 Å². The lowest BCUT2D eigenvalue weighted by molar-refractivity contribution is 0.124. The van der Waals surface area contributed by atoms with Gasteiger partial charge in [0.05, 0.1) is 23.7 Å². The Morgan fingerprint density at radius 2 is 1.72 bits per heavy atom. The van der Waals surface area contributed by atoms with E-state index in [0.29, 0.717) is 19.4 Å². The van der Waals surface area contributed by atoms with E-state index in [-0.39, 0.29) is 35.8 Å². The first-order valence-corrected chi connectivity index (χ1v) is 11.8. The molecular formula is C24H29F2NO4S. The van der Waals surface area contributed by atoms with Gasteiger partial charge in [0.2, 0.25) is 0 Å². The number of rotatable bonds is 3. The van der Waals surface area contributed by atoms with Crippen LogP contribution < -0.4 is 10.5 Å². The number of sulfone groups is 1. The van der Waals surface area contributed by atoms with Gasteiger partial charge in [0.1, 0.15) is 10.6 Å².